The van der Waals surface area contributed by atoms with Gasteiger partial charge in [-0.15, -0.1) is 11.6 Å². The molecule has 0 aromatic heterocycles. The molecule has 1 aliphatic carbocycles. The van der Waals surface area contributed by atoms with Crippen LogP contribution in [-0.2, 0) is 0 Å². The molecule has 1 aromatic rings. The highest BCUT2D eigenvalue weighted by molar-refractivity contribution is 9.09. The lowest BCUT2D eigenvalue weighted by Gasteiger charge is -2.44. The Morgan fingerprint density at radius 1 is 0.652 bits per heavy atom. The first kappa shape index (κ1) is 40.8. The van der Waals surface area contributed by atoms with Gasteiger partial charge in [0.05, 0.1) is 5.41 Å². The van der Waals surface area contributed by atoms with Crippen LogP contribution >= 0.6 is 27.5 Å². The summed E-state index contributed by atoms with van der Waals surface area (Å²) in [5, 5.41) is 0. The summed E-state index contributed by atoms with van der Waals surface area (Å²) in [4.78, 5) is -2.57. The van der Waals surface area contributed by atoms with Crippen molar-refractivity contribution >= 4 is 27.5 Å². The van der Waals surface area contributed by atoms with Crippen molar-refractivity contribution in [3.63, 3.8) is 0 Å². The van der Waals surface area contributed by atoms with E-state index in [1.165, 1.54) is 6.07 Å². The van der Waals surface area contributed by atoms with Crippen LogP contribution in [-0.4, -0.2) is 64.5 Å². The molecule has 0 heterocycles. The fraction of sp³-hybridized carbons (Fsp3) is 0.750. The molecule has 4 unspecified atom stereocenters. The summed E-state index contributed by atoms with van der Waals surface area (Å²) in [7, 11) is 0. The van der Waals surface area contributed by atoms with Crippen LogP contribution in [0.4, 0.5) is 87.8 Å². The van der Waals surface area contributed by atoms with Crippen molar-refractivity contribution in [2.75, 3.05) is 5.88 Å². The van der Waals surface area contributed by atoms with E-state index in [1.807, 2.05) is 0 Å². The molecular formula is C24H18BrClF20. The van der Waals surface area contributed by atoms with Crippen LogP contribution in [0.15, 0.2) is 30.3 Å². The van der Waals surface area contributed by atoms with E-state index in [1.54, 1.807) is 0 Å². The second-order valence-electron chi connectivity index (χ2n) is 10.6. The lowest BCUT2D eigenvalue weighted by atomic mass is 9.68. The van der Waals surface area contributed by atoms with Gasteiger partial charge in [0.25, 0.3) is 0 Å². The maximum Gasteiger partial charge on any atom is 0.460 e. The van der Waals surface area contributed by atoms with Gasteiger partial charge in [0.15, 0.2) is 0 Å². The average molecular weight is 802 g/mol. The van der Waals surface area contributed by atoms with Crippen molar-refractivity contribution < 1.29 is 87.8 Å². The van der Waals surface area contributed by atoms with Crippen molar-refractivity contribution in [1.82, 2.24) is 0 Å². The molecule has 4 atom stereocenters. The molecular weight excluding hydrogens is 784 g/mol. The maximum absolute atomic E-state index is 14.9. The number of hydrogen-bond donors (Lipinski definition) is 0. The number of alkyl halides is 22. The Hall–Kier alpha value is -1.41. The zero-order chi connectivity index (χ0) is 36.4. The van der Waals surface area contributed by atoms with E-state index in [2.05, 4.69) is 15.9 Å². The average Bonchev–Trinajstić information content (AvgIpc) is 3.32. The smallest absolute Gasteiger partial charge is 0.200 e. The molecule has 0 saturated heterocycles. The third kappa shape index (κ3) is 5.92. The SMILES string of the molecule is FC(F)(F)C1(CCl)CCCC1C(c1ccccc1)C(Br)CC(F)(F)C(F)(F)C(F)(F)C(F)(F)C(F)(F)C(F)(F)C(F)(F)C(F)(F)F. The predicted octanol–water partition coefficient (Wildman–Crippen LogP) is 11.5. The van der Waals surface area contributed by atoms with Gasteiger partial charge in [-0.25, -0.2) is 0 Å². The number of halogens is 22. The van der Waals surface area contributed by atoms with Gasteiger partial charge < -0.3 is 0 Å². The quantitative estimate of drug-likeness (QED) is 0.146. The second kappa shape index (κ2) is 12.2. The molecule has 1 fully saturated rings. The number of rotatable bonds is 12. The molecule has 0 amide bonds. The lowest BCUT2D eigenvalue weighted by Crippen LogP contribution is -2.74. The highest BCUT2D eigenvalue weighted by atomic mass is 79.9. The molecule has 1 saturated carbocycles. The van der Waals surface area contributed by atoms with Gasteiger partial charge >= 0.3 is 53.8 Å². The Bertz CT molecular complexity index is 1190. The Labute approximate surface area is 258 Å². The first-order valence-electron chi connectivity index (χ1n) is 12.3. The first-order valence-corrected chi connectivity index (χ1v) is 13.7. The Balaban J connectivity index is 2.64. The minimum atomic E-state index is -8.78. The predicted molar refractivity (Wildman–Crippen MR) is 124 cm³/mol. The summed E-state index contributed by atoms with van der Waals surface area (Å²) in [6, 6.07) is 5.38. The second-order valence-corrected chi connectivity index (χ2v) is 12.0. The van der Waals surface area contributed by atoms with Crippen LogP contribution in [0.1, 0.15) is 37.2 Å². The van der Waals surface area contributed by atoms with E-state index < -0.39 is 101 Å². The maximum atomic E-state index is 14.9. The summed E-state index contributed by atoms with van der Waals surface area (Å²) in [6.07, 6.45) is -17.6. The number of benzene rings is 1. The van der Waals surface area contributed by atoms with Crippen molar-refractivity contribution in [3.05, 3.63) is 35.9 Å². The molecule has 0 bridgehead atoms. The summed E-state index contributed by atoms with van der Waals surface area (Å²) in [5.74, 6) is -62.9. The largest absolute Gasteiger partial charge is 0.460 e. The Morgan fingerprint density at radius 2 is 1.07 bits per heavy atom. The monoisotopic (exact) mass is 800 g/mol. The molecule has 0 spiro atoms. The van der Waals surface area contributed by atoms with Crippen LogP contribution in [0, 0.1) is 11.3 Å². The van der Waals surface area contributed by atoms with Crippen LogP contribution in [0.5, 0.6) is 0 Å². The third-order valence-corrected chi connectivity index (χ3v) is 9.27. The summed E-state index contributed by atoms with van der Waals surface area (Å²) in [6.45, 7) is 0. The van der Waals surface area contributed by atoms with Gasteiger partial charge in [-0.1, -0.05) is 52.7 Å². The van der Waals surface area contributed by atoms with Crippen LogP contribution < -0.4 is 0 Å². The van der Waals surface area contributed by atoms with E-state index in [-0.39, 0.29) is 12.0 Å². The van der Waals surface area contributed by atoms with E-state index in [0.29, 0.717) is 0 Å². The fourth-order valence-corrected chi connectivity index (χ4v) is 6.84. The molecule has 0 radical (unpaired) electrons. The molecule has 1 aromatic carbocycles. The van der Waals surface area contributed by atoms with Gasteiger partial charge in [0.1, 0.15) is 0 Å². The molecule has 22 heteroatoms. The van der Waals surface area contributed by atoms with E-state index in [0.717, 1.165) is 24.3 Å². The summed E-state index contributed by atoms with van der Waals surface area (Å²) >= 11 is 7.95. The van der Waals surface area contributed by atoms with Crippen LogP contribution in [0.3, 0.4) is 0 Å². The Kier molecular flexibility index (Phi) is 10.8. The molecule has 0 N–H and O–H groups in total. The molecule has 46 heavy (non-hydrogen) atoms. The summed E-state index contributed by atoms with van der Waals surface area (Å²) in [5.41, 5.74) is -3.28. The first-order chi connectivity index (χ1) is 20.3. The Morgan fingerprint density at radius 3 is 1.46 bits per heavy atom. The minimum absolute atomic E-state index is 0.303. The molecule has 0 nitrogen and oxygen atoms in total. The topological polar surface area (TPSA) is 0 Å². The zero-order valence-electron chi connectivity index (χ0n) is 22.0. The van der Waals surface area contributed by atoms with E-state index >= 15 is 0 Å². The van der Waals surface area contributed by atoms with Gasteiger partial charge in [-0.2, -0.15) is 87.8 Å². The van der Waals surface area contributed by atoms with Crippen LogP contribution in [0.25, 0.3) is 0 Å². The molecule has 268 valence electrons. The number of hydrogen-bond acceptors (Lipinski definition) is 0. The molecule has 0 aliphatic heterocycles. The highest BCUT2D eigenvalue weighted by Crippen LogP contribution is 2.65. The van der Waals surface area contributed by atoms with Gasteiger partial charge in [0.2, 0.25) is 0 Å². The van der Waals surface area contributed by atoms with E-state index in [4.69, 9.17) is 11.6 Å². The van der Waals surface area contributed by atoms with E-state index in [9.17, 15) is 87.8 Å². The molecule has 2 rings (SSSR count). The lowest BCUT2D eigenvalue weighted by molar-refractivity contribution is -0.461. The van der Waals surface area contributed by atoms with Gasteiger partial charge in [-0.3, -0.25) is 0 Å². The van der Waals surface area contributed by atoms with Crippen molar-refractivity contribution in [1.29, 1.82) is 0 Å². The third-order valence-electron chi connectivity index (χ3n) is 7.90. The van der Waals surface area contributed by atoms with Crippen molar-refractivity contribution in [2.45, 2.75) is 90.2 Å². The zero-order valence-corrected chi connectivity index (χ0v) is 24.3. The van der Waals surface area contributed by atoms with Gasteiger partial charge in [0, 0.05) is 23.0 Å². The van der Waals surface area contributed by atoms with Crippen molar-refractivity contribution in [3.8, 4) is 0 Å². The summed E-state index contributed by atoms with van der Waals surface area (Å²) < 4.78 is 275. The standard InChI is InChI=1S/C24H18BrClF20/c25-13(14(11-5-2-1-3-6-11)12-7-4-8-15(12,10-26)23(41,42)43)9-16(27,28)17(29,30)18(31,32)19(33,34)20(35,36)21(37,38)22(39,40)24(44,45)46/h1-3,5-6,12-14H,4,7-10H2. The van der Waals surface area contributed by atoms with Gasteiger partial charge in [-0.05, 0) is 24.3 Å². The fourth-order valence-electron chi connectivity index (χ4n) is 5.28. The van der Waals surface area contributed by atoms with Crippen LogP contribution in [0.2, 0.25) is 0 Å². The molecule has 1 aliphatic rings. The van der Waals surface area contributed by atoms with Crippen molar-refractivity contribution in [2.24, 2.45) is 11.3 Å². The normalized spacial score (nSPS) is 23.0. The minimum Gasteiger partial charge on any atom is -0.200 e. The highest BCUT2D eigenvalue weighted by Gasteiger charge is 2.95.